The largest absolute Gasteiger partial charge is 0.481 e. The zero-order valence-corrected chi connectivity index (χ0v) is 13.3. The maximum Gasteiger partial charge on any atom is 0.306 e. The van der Waals surface area contributed by atoms with Crippen LogP contribution in [0.2, 0.25) is 0 Å². The minimum atomic E-state index is -0.658. The highest BCUT2D eigenvalue weighted by atomic mass is 16.4. The number of piperidine rings is 1. The summed E-state index contributed by atoms with van der Waals surface area (Å²) in [5.74, 6) is 0.187. The summed E-state index contributed by atoms with van der Waals surface area (Å²) in [6, 6.07) is 8.89. The van der Waals surface area contributed by atoms with E-state index >= 15 is 0 Å². The van der Waals surface area contributed by atoms with Gasteiger partial charge in [-0.1, -0.05) is 25.0 Å². The van der Waals surface area contributed by atoms with Crippen LogP contribution in [-0.2, 0) is 4.79 Å². The van der Waals surface area contributed by atoms with Gasteiger partial charge in [0.2, 0.25) is 5.95 Å². The third kappa shape index (κ3) is 2.58. The lowest BCUT2D eigenvalue weighted by molar-refractivity contribution is -0.142. The van der Waals surface area contributed by atoms with Crippen LogP contribution in [0.1, 0.15) is 44.6 Å². The number of carboxylic acid groups (broad SMARTS) is 1. The summed E-state index contributed by atoms with van der Waals surface area (Å²) in [4.78, 5) is 18.4. The van der Waals surface area contributed by atoms with Gasteiger partial charge in [-0.25, -0.2) is 4.98 Å². The number of para-hydroxylation sites is 2. The topological polar surface area (TPSA) is 58.4 Å². The van der Waals surface area contributed by atoms with Crippen LogP contribution in [0, 0.1) is 5.92 Å². The molecule has 5 nitrogen and oxygen atoms in total. The predicted octanol–water partition coefficient (Wildman–Crippen LogP) is 3.45. The molecule has 0 amide bonds. The average Bonchev–Trinajstić information content (AvgIpc) is 3.21. The molecule has 2 heterocycles. The third-order valence-electron chi connectivity index (χ3n) is 5.39. The van der Waals surface area contributed by atoms with Gasteiger partial charge in [-0.3, -0.25) is 4.79 Å². The van der Waals surface area contributed by atoms with Gasteiger partial charge in [0.15, 0.2) is 0 Å². The molecular formula is C18H23N3O2. The minimum absolute atomic E-state index is 0.199. The van der Waals surface area contributed by atoms with Crippen molar-refractivity contribution in [2.24, 2.45) is 5.92 Å². The van der Waals surface area contributed by atoms with E-state index in [4.69, 9.17) is 4.98 Å². The Hall–Kier alpha value is -2.04. The first kappa shape index (κ1) is 14.5. The lowest BCUT2D eigenvalue weighted by Crippen LogP contribution is -2.38. The van der Waals surface area contributed by atoms with Crippen molar-refractivity contribution in [3.8, 4) is 0 Å². The maximum atomic E-state index is 11.2. The number of aliphatic carboxylic acids is 1. The molecule has 5 heteroatoms. The first-order valence-electron chi connectivity index (χ1n) is 8.69. The van der Waals surface area contributed by atoms with Gasteiger partial charge in [0, 0.05) is 19.1 Å². The van der Waals surface area contributed by atoms with Crippen molar-refractivity contribution in [3.05, 3.63) is 24.3 Å². The smallest absolute Gasteiger partial charge is 0.306 e. The van der Waals surface area contributed by atoms with E-state index in [1.165, 1.54) is 31.2 Å². The quantitative estimate of drug-likeness (QED) is 0.943. The number of aromatic nitrogens is 2. The summed E-state index contributed by atoms with van der Waals surface area (Å²) in [6.07, 6.45) is 6.44. The molecule has 0 radical (unpaired) electrons. The second-order valence-electron chi connectivity index (χ2n) is 6.81. The first-order chi connectivity index (χ1) is 11.2. The monoisotopic (exact) mass is 313 g/mol. The second kappa shape index (κ2) is 5.87. The molecule has 0 bridgehead atoms. The van der Waals surface area contributed by atoms with Crippen LogP contribution in [0.5, 0.6) is 0 Å². The fraction of sp³-hybridized carbons (Fsp3) is 0.556. The number of hydrogen-bond acceptors (Lipinski definition) is 3. The highest BCUT2D eigenvalue weighted by Gasteiger charge is 2.29. The SMILES string of the molecule is O=C(O)C1CCN(c2nc3ccccc3n2C2CCCC2)CC1. The standard InChI is InChI=1S/C18H23N3O2/c22-17(23)13-9-11-20(12-10-13)18-19-15-7-3-4-8-16(15)21(18)14-5-1-2-6-14/h3-4,7-8,13-14H,1-2,5-6,9-12H2,(H,22,23). The van der Waals surface area contributed by atoms with Gasteiger partial charge in [-0.15, -0.1) is 0 Å². The molecule has 0 unspecified atom stereocenters. The molecule has 1 aliphatic heterocycles. The van der Waals surface area contributed by atoms with E-state index < -0.39 is 5.97 Å². The van der Waals surface area contributed by atoms with Crippen LogP contribution in [0.4, 0.5) is 5.95 Å². The highest BCUT2D eigenvalue weighted by molar-refractivity contribution is 5.79. The molecule has 1 aliphatic carbocycles. The van der Waals surface area contributed by atoms with Crippen LogP contribution < -0.4 is 4.90 Å². The van der Waals surface area contributed by atoms with Crippen molar-refractivity contribution in [1.29, 1.82) is 0 Å². The Bertz CT molecular complexity index is 710. The van der Waals surface area contributed by atoms with E-state index in [2.05, 4.69) is 27.7 Å². The third-order valence-corrected chi connectivity index (χ3v) is 5.39. The summed E-state index contributed by atoms with van der Waals surface area (Å²) in [7, 11) is 0. The first-order valence-corrected chi connectivity index (χ1v) is 8.69. The van der Waals surface area contributed by atoms with Crippen LogP contribution in [0.3, 0.4) is 0 Å². The lowest BCUT2D eigenvalue weighted by atomic mass is 9.97. The molecule has 1 aromatic heterocycles. The van der Waals surface area contributed by atoms with Crippen LogP contribution in [0.15, 0.2) is 24.3 Å². The number of benzene rings is 1. The van der Waals surface area contributed by atoms with E-state index in [0.29, 0.717) is 18.9 Å². The van der Waals surface area contributed by atoms with E-state index in [9.17, 15) is 9.90 Å². The van der Waals surface area contributed by atoms with Gasteiger partial charge in [0.25, 0.3) is 0 Å². The zero-order valence-electron chi connectivity index (χ0n) is 13.3. The predicted molar refractivity (Wildman–Crippen MR) is 89.8 cm³/mol. The average molecular weight is 313 g/mol. The Morgan fingerprint density at radius 2 is 1.78 bits per heavy atom. The van der Waals surface area contributed by atoms with Gasteiger partial charge >= 0.3 is 5.97 Å². The van der Waals surface area contributed by atoms with E-state index in [1.54, 1.807) is 0 Å². The molecule has 2 fully saturated rings. The normalized spacial score (nSPS) is 20.4. The minimum Gasteiger partial charge on any atom is -0.481 e. The number of hydrogen-bond donors (Lipinski definition) is 1. The number of imidazole rings is 1. The van der Waals surface area contributed by atoms with Crippen LogP contribution in [0.25, 0.3) is 11.0 Å². The number of anilines is 1. The molecule has 122 valence electrons. The van der Waals surface area contributed by atoms with Gasteiger partial charge < -0.3 is 14.6 Å². The summed E-state index contributed by atoms with van der Waals surface area (Å²) >= 11 is 0. The molecular weight excluding hydrogens is 290 g/mol. The van der Waals surface area contributed by atoms with Crippen molar-refractivity contribution < 1.29 is 9.90 Å². The van der Waals surface area contributed by atoms with Gasteiger partial charge in [0.05, 0.1) is 17.0 Å². The van der Waals surface area contributed by atoms with E-state index in [1.807, 2.05) is 6.07 Å². The number of carbonyl (C=O) groups is 1. The fourth-order valence-corrected chi connectivity index (χ4v) is 4.10. The molecule has 2 aliphatic rings. The van der Waals surface area contributed by atoms with Crippen LogP contribution in [-0.4, -0.2) is 33.7 Å². The van der Waals surface area contributed by atoms with Crippen molar-refractivity contribution in [2.75, 3.05) is 18.0 Å². The lowest BCUT2D eigenvalue weighted by Gasteiger charge is -2.32. The Labute approximate surface area is 135 Å². The number of fused-ring (bicyclic) bond motifs is 1. The maximum absolute atomic E-state index is 11.2. The molecule has 2 aromatic rings. The van der Waals surface area contributed by atoms with Crippen molar-refractivity contribution >= 4 is 23.0 Å². The van der Waals surface area contributed by atoms with E-state index in [0.717, 1.165) is 24.6 Å². The Kier molecular flexibility index (Phi) is 3.71. The summed E-state index contributed by atoms with van der Waals surface area (Å²) < 4.78 is 2.42. The fourth-order valence-electron chi connectivity index (χ4n) is 4.10. The zero-order chi connectivity index (χ0) is 15.8. The number of nitrogens with zero attached hydrogens (tertiary/aromatic N) is 3. The van der Waals surface area contributed by atoms with Crippen LogP contribution >= 0.6 is 0 Å². The number of carboxylic acids is 1. The molecule has 1 saturated carbocycles. The van der Waals surface area contributed by atoms with Gasteiger partial charge in [-0.05, 0) is 37.8 Å². The molecule has 0 atom stereocenters. The molecule has 4 rings (SSSR count). The van der Waals surface area contributed by atoms with Gasteiger partial charge in [-0.2, -0.15) is 0 Å². The van der Waals surface area contributed by atoms with Crippen molar-refractivity contribution in [3.63, 3.8) is 0 Å². The molecule has 1 N–H and O–H groups in total. The molecule has 23 heavy (non-hydrogen) atoms. The Morgan fingerprint density at radius 3 is 2.48 bits per heavy atom. The summed E-state index contributed by atoms with van der Waals surface area (Å²) in [5.41, 5.74) is 2.27. The highest BCUT2D eigenvalue weighted by Crippen LogP contribution is 2.37. The number of rotatable bonds is 3. The summed E-state index contributed by atoms with van der Waals surface area (Å²) in [6.45, 7) is 1.57. The Balaban J connectivity index is 1.69. The molecule has 1 aromatic carbocycles. The van der Waals surface area contributed by atoms with Gasteiger partial charge in [0.1, 0.15) is 0 Å². The molecule has 1 saturated heterocycles. The summed E-state index contributed by atoms with van der Waals surface area (Å²) in [5, 5.41) is 9.20. The second-order valence-corrected chi connectivity index (χ2v) is 6.81. The van der Waals surface area contributed by atoms with Crippen molar-refractivity contribution in [1.82, 2.24) is 9.55 Å². The Morgan fingerprint density at radius 1 is 1.09 bits per heavy atom. The van der Waals surface area contributed by atoms with E-state index in [-0.39, 0.29) is 5.92 Å². The van der Waals surface area contributed by atoms with Crippen molar-refractivity contribution in [2.45, 2.75) is 44.6 Å². The molecule has 0 spiro atoms.